The number of rotatable bonds is 3. The largest absolute Gasteiger partial charge is 0.392 e. The summed E-state index contributed by atoms with van der Waals surface area (Å²) in [6, 6.07) is 10.1. The van der Waals surface area contributed by atoms with Crippen LogP contribution in [0.25, 0.3) is 10.9 Å². The van der Waals surface area contributed by atoms with Gasteiger partial charge in [0.2, 0.25) is 0 Å². The number of fused-ring (bicyclic) bond motifs is 1. The number of aromatic nitrogens is 1. The molecule has 23 heavy (non-hydrogen) atoms. The van der Waals surface area contributed by atoms with E-state index in [0.717, 1.165) is 35.2 Å². The first-order valence-electron chi connectivity index (χ1n) is 8.57. The Kier molecular flexibility index (Phi) is 4.65. The average Bonchev–Trinajstić information content (AvgIpc) is 2.55. The summed E-state index contributed by atoms with van der Waals surface area (Å²) < 4.78 is 0. The van der Waals surface area contributed by atoms with E-state index in [2.05, 4.69) is 43.0 Å². The average molecular weight is 310 g/mol. The summed E-state index contributed by atoms with van der Waals surface area (Å²) in [6.45, 7) is 7.01. The molecule has 0 amide bonds. The number of oxime groups is 1. The molecule has 1 heterocycles. The highest BCUT2D eigenvalue weighted by Crippen LogP contribution is 2.38. The first kappa shape index (κ1) is 16.0. The number of nitrogens with zero attached hydrogens (tertiary/aromatic N) is 2. The van der Waals surface area contributed by atoms with Gasteiger partial charge >= 0.3 is 0 Å². The molecule has 3 nitrogen and oxygen atoms in total. The maximum Gasteiger partial charge on any atom is 0.127 e. The highest BCUT2D eigenvalue weighted by molar-refractivity contribution is 5.97. The Bertz CT molecular complexity index is 674. The highest BCUT2D eigenvalue weighted by Gasteiger charge is 2.30. The normalized spacial score (nSPS) is 22.6. The van der Waals surface area contributed by atoms with Crippen molar-refractivity contribution in [2.45, 2.75) is 52.6 Å². The van der Waals surface area contributed by atoms with E-state index in [1.54, 1.807) is 6.21 Å². The summed E-state index contributed by atoms with van der Waals surface area (Å²) in [6.07, 6.45) is 8.55. The fourth-order valence-electron chi connectivity index (χ4n) is 3.44. The van der Waals surface area contributed by atoms with Gasteiger partial charge in [-0.2, -0.15) is 0 Å². The van der Waals surface area contributed by atoms with E-state index >= 15 is 0 Å². The second-order valence-electron chi connectivity index (χ2n) is 7.60. The van der Waals surface area contributed by atoms with Crippen LogP contribution in [0.4, 0.5) is 0 Å². The van der Waals surface area contributed by atoms with Crippen molar-refractivity contribution < 1.29 is 4.84 Å². The smallest absolute Gasteiger partial charge is 0.127 e. The van der Waals surface area contributed by atoms with E-state index in [1.807, 2.05) is 24.4 Å². The van der Waals surface area contributed by atoms with E-state index in [9.17, 15) is 0 Å². The zero-order chi connectivity index (χ0) is 16.3. The zero-order valence-corrected chi connectivity index (χ0v) is 14.3. The van der Waals surface area contributed by atoms with Crippen LogP contribution in [-0.4, -0.2) is 17.3 Å². The molecule has 0 bridgehead atoms. The van der Waals surface area contributed by atoms with E-state index in [4.69, 9.17) is 4.84 Å². The Balaban J connectivity index is 1.59. The molecule has 0 saturated heterocycles. The summed E-state index contributed by atoms with van der Waals surface area (Å²) in [7, 11) is 0. The van der Waals surface area contributed by atoms with Crippen LogP contribution in [-0.2, 0) is 4.84 Å². The Morgan fingerprint density at radius 2 is 1.83 bits per heavy atom. The van der Waals surface area contributed by atoms with Crippen LogP contribution >= 0.6 is 0 Å². The minimum absolute atomic E-state index is 0.257. The Labute approximate surface area is 138 Å². The van der Waals surface area contributed by atoms with E-state index in [1.165, 1.54) is 12.8 Å². The Morgan fingerprint density at radius 3 is 2.57 bits per heavy atom. The van der Waals surface area contributed by atoms with Gasteiger partial charge in [0.1, 0.15) is 6.10 Å². The van der Waals surface area contributed by atoms with Crippen molar-refractivity contribution in [1.29, 1.82) is 0 Å². The van der Waals surface area contributed by atoms with Gasteiger partial charge in [-0.1, -0.05) is 50.2 Å². The lowest BCUT2D eigenvalue weighted by molar-refractivity contribution is 0.00768. The molecule has 2 aromatic rings. The summed E-state index contributed by atoms with van der Waals surface area (Å²) in [5.41, 5.74) is 2.38. The molecule has 0 unspecified atom stereocenters. The molecule has 122 valence electrons. The van der Waals surface area contributed by atoms with Gasteiger partial charge in [0.25, 0.3) is 0 Å². The molecule has 3 heteroatoms. The molecule has 1 aliphatic carbocycles. The fourth-order valence-corrected chi connectivity index (χ4v) is 3.44. The van der Waals surface area contributed by atoms with Crippen LogP contribution in [0.3, 0.4) is 0 Å². The van der Waals surface area contributed by atoms with Gasteiger partial charge in [0.05, 0.1) is 11.7 Å². The number of para-hydroxylation sites is 1. The second kappa shape index (κ2) is 6.69. The van der Waals surface area contributed by atoms with Crippen molar-refractivity contribution in [1.82, 2.24) is 4.98 Å². The Morgan fingerprint density at radius 1 is 1.09 bits per heavy atom. The summed E-state index contributed by atoms with van der Waals surface area (Å²) in [4.78, 5) is 10.2. The lowest BCUT2D eigenvalue weighted by Gasteiger charge is -2.36. The number of hydrogen-bond donors (Lipinski definition) is 0. The number of hydrogen-bond acceptors (Lipinski definition) is 3. The highest BCUT2D eigenvalue weighted by atomic mass is 16.6. The van der Waals surface area contributed by atoms with Crippen LogP contribution in [0, 0.1) is 11.3 Å². The molecule has 1 aromatic carbocycles. The lowest BCUT2D eigenvalue weighted by Crippen LogP contribution is -2.28. The molecule has 0 atom stereocenters. The molecule has 0 spiro atoms. The minimum Gasteiger partial charge on any atom is -0.392 e. The summed E-state index contributed by atoms with van der Waals surface area (Å²) >= 11 is 0. The van der Waals surface area contributed by atoms with Gasteiger partial charge in [0, 0.05) is 17.1 Å². The first-order chi connectivity index (χ1) is 11.0. The molecule has 0 N–H and O–H groups in total. The van der Waals surface area contributed by atoms with Crippen LogP contribution in [0.2, 0.25) is 0 Å². The van der Waals surface area contributed by atoms with Crippen LogP contribution in [0.5, 0.6) is 0 Å². The summed E-state index contributed by atoms with van der Waals surface area (Å²) in [5.74, 6) is 0.800. The van der Waals surface area contributed by atoms with Crippen molar-refractivity contribution in [2.24, 2.45) is 16.5 Å². The topological polar surface area (TPSA) is 34.5 Å². The summed E-state index contributed by atoms with van der Waals surface area (Å²) in [5, 5.41) is 5.36. The van der Waals surface area contributed by atoms with Gasteiger partial charge in [-0.25, -0.2) is 0 Å². The van der Waals surface area contributed by atoms with Crippen molar-refractivity contribution in [2.75, 3.05) is 0 Å². The predicted octanol–water partition coefficient (Wildman–Crippen LogP) is 5.19. The fraction of sp³-hybridized carbons (Fsp3) is 0.500. The van der Waals surface area contributed by atoms with Crippen LogP contribution in [0.15, 0.2) is 41.7 Å². The second-order valence-corrected chi connectivity index (χ2v) is 7.60. The van der Waals surface area contributed by atoms with E-state index in [-0.39, 0.29) is 6.10 Å². The van der Waals surface area contributed by atoms with E-state index in [0.29, 0.717) is 5.41 Å². The van der Waals surface area contributed by atoms with E-state index < -0.39 is 0 Å². The monoisotopic (exact) mass is 310 g/mol. The van der Waals surface area contributed by atoms with Crippen molar-refractivity contribution >= 4 is 17.1 Å². The van der Waals surface area contributed by atoms with Gasteiger partial charge in [-0.15, -0.1) is 0 Å². The van der Waals surface area contributed by atoms with Gasteiger partial charge < -0.3 is 4.84 Å². The Hall–Kier alpha value is -1.90. The van der Waals surface area contributed by atoms with Crippen molar-refractivity contribution in [3.05, 3.63) is 42.1 Å². The van der Waals surface area contributed by atoms with Crippen LogP contribution in [0.1, 0.15) is 52.0 Å². The van der Waals surface area contributed by atoms with Crippen LogP contribution < -0.4 is 0 Å². The van der Waals surface area contributed by atoms with Gasteiger partial charge in [0.15, 0.2) is 0 Å². The third-order valence-corrected chi connectivity index (χ3v) is 4.96. The number of pyridine rings is 1. The quantitative estimate of drug-likeness (QED) is 0.577. The molecule has 1 aromatic heterocycles. The molecule has 0 aliphatic heterocycles. The predicted molar refractivity (Wildman–Crippen MR) is 95.6 cm³/mol. The molecule has 1 fully saturated rings. The standard InChI is InChI=1S/C20H26N2O/c1-20(2,3)17-9-11-18(12-10-17)23-22-14-16-7-4-6-15-8-5-13-21-19(15)16/h4-8,13-14,17-18H,9-12H2,1-3H3. The SMILES string of the molecule is CC(C)(C)C1CCC(ON=Cc2cccc3cccnc23)CC1. The van der Waals surface area contributed by atoms with Crippen molar-refractivity contribution in [3.63, 3.8) is 0 Å². The first-order valence-corrected chi connectivity index (χ1v) is 8.57. The lowest BCUT2D eigenvalue weighted by atomic mass is 9.72. The minimum atomic E-state index is 0.257. The van der Waals surface area contributed by atoms with Gasteiger partial charge in [-0.3, -0.25) is 4.98 Å². The molecule has 1 saturated carbocycles. The molecule has 3 rings (SSSR count). The molecular formula is C20H26N2O. The third-order valence-electron chi connectivity index (χ3n) is 4.96. The molecule has 1 aliphatic rings. The molecule has 0 radical (unpaired) electrons. The number of benzene rings is 1. The third kappa shape index (κ3) is 3.90. The maximum absolute atomic E-state index is 5.74. The zero-order valence-electron chi connectivity index (χ0n) is 14.3. The van der Waals surface area contributed by atoms with Crippen molar-refractivity contribution in [3.8, 4) is 0 Å². The van der Waals surface area contributed by atoms with Gasteiger partial charge in [-0.05, 0) is 43.1 Å². The maximum atomic E-state index is 5.74. The molecular weight excluding hydrogens is 284 g/mol.